The van der Waals surface area contributed by atoms with Crippen molar-refractivity contribution in [2.45, 2.75) is 122 Å². The van der Waals surface area contributed by atoms with Crippen molar-refractivity contribution in [1.82, 2.24) is 9.55 Å². The van der Waals surface area contributed by atoms with Crippen LogP contribution in [0.4, 0.5) is 0 Å². The molecule has 2 aromatic carbocycles. The lowest BCUT2D eigenvalue weighted by Gasteiger charge is -2.39. The monoisotopic (exact) mass is 486 g/mol. The highest BCUT2D eigenvalue weighted by atomic mass is 15.1. The normalized spacial score (nSPS) is 14.0. The number of benzene rings is 2. The fourth-order valence-electron chi connectivity index (χ4n) is 5.83. The Labute approximate surface area is 221 Å². The average Bonchev–Trinajstić information content (AvgIpc) is 3.37. The van der Waals surface area contributed by atoms with Crippen LogP contribution < -0.4 is 0 Å². The Hall–Kier alpha value is -2.35. The molecule has 0 saturated heterocycles. The van der Waals surface area contributed by atoms with Gasteiger partial charge in [0.05, 0.1) is 0 Å². The van der Waals surface area contributed by atoms with Crippen molar-refractivity contribution in [3.63, 3.8) is 0 Å². The van der Waals surface area contributed by atoms with Crippen molar-refractivity contribution < 1.29 is 0 Å². The van der Waals surface area contributed by atoms with Gasteiger partial charge in [-0.1, -0.05) is 146 Å². The molecule has 0 aliphatic heterocycles. The van der Waals surface area contributed by atoms with E-state index < -0.39 is 0 Å². The van der Waals surface area contributed by atoms with Gasteiger partial charge in [0, 0.05) is 30.3 Å². The van der Waals surface area contributed by atoms with Crippen LogP contribution in [-0.2, 0) is 18.4 Å². The van der Waals surface area contributed by atoms with Crippen LogP contribution in [0.3, 0.4) is 0 Å². The maximum absolute atomic E-state index is 5.04. The summed E-state index contributed by atoms with van der Waals surface area (Å²) in [6.45, 7) is 8.17. The van der Waals surface area contributed by atoms with Gasteiger partial charge >= 0.3 is 0 Å². The Morgan fingerprint density at radius 2 is 1.31 bits per heavy atom. The lowest BCUT2D eigenvalue weighted by atomic mass is 9.66. The Balaban J connectivity index is 1.80. The average molecular weight is 487 g/mol. The maximum Gasteiger partial charge on any atom is 0.112 e. The Kier molecular flexibility index (Phi) is 12.3. The maximum atomic E-state index is 5.04. The van der Waals surface area contributed by atoms with E-state index in [1.807, 2.05) is 6.20 Å². The Bertz CT molecular complexity index is 946. The lowest BCUT2D eigenvalue weighted by molar-refractivity contribution is 0.322. The standard InChI is InChI=1S/C34H50N2/c1-4-6-8-9-10-11-12-20-27-36-28-26-35-33(36)32(25-15-7-5-2)34(3,31-23-18-14-19-24-31)29-30-21-16-13-17-22-30/h13-14,16-19,21-24,26,28,32H,4-12,15,20,25,27,29H2,1-3H3. The van der Waals surface area contributed by atoms with Gasteiger partial charge < -0.3 is 4.57 Å². The first kappa shape index (κ1) is 28.2. The van der Waals surface area contributed by atoms with Crippen LogP contribution >= 0.6 is 0 Å². The largest absolute Gasteiger partial charge is 0.335 e. The van der Waals surface area contributed by atoms with Crippen molar-refractivity contribution in [3.05, 3.63) is 90.0 Å². The Morgan fingerprint density at radius 1 is 0.722 bits per heavy atom. The number of hydrogen-bond donors (Lipinski definition) is 0. The minimum absolute atomic E-state index is 0.0151. The molecule has 0 amide bonds. The molecule has 1 aromatic heterocycles. The van der Waals surface area contributed by atoms with Gasteiger partial charge in [0.1, 0.15) is 5.82 Å². The van der Waals surface area contributed by atoms with Crippen molar-refractivity contribution in [1.29, 1.82) is 0 Å². The van der Waals surface area contributed by atoms with Crippen molar-refractivity contribution >= 4 is 0 Å². The summed E-state index contributed by atoms with van der Waals surface area (Å²) in [5.41, 5.74) is 2.82. The smallest absolute Gasteiger partial charge is 0.112 e. The fraction of sp³-hybridized carbons (Fsp3) is 0.559. The molecule has 36 heavy (non-hydrogen) atoms. The summed E-state index contributed by atoms with van der Waals surface area (Å²) in [5, 5.41) is 0. The zero-order valence-corrected chi connectivity index (χ0v) is 23.3. The van der Waals surface area contributed by atoms with E-state index in [1.54, 1.807) is 0 Å². The molecule has 196 valence electrons. The first-order valence-electron chi connectivity index (χ1n) is 14.8. The Morgan fingerprint density at radius 3 is 1.97 bits per heavy atom. The third kappa shape index (κ3) is 8.36. The summed E-state index contributed by atoms with van der Waals surface area (Å²) in [5.74, 6) is 1.67. The van der Waals surface area contributed by atoms with Crippen LogP contribution in [0.2, 0.25) is 0 Å². The summed E-state index contributed by atoms with van der Waals surface area (Å²) in [7, 11) is 0. The number of hydrogen-bond acceptors (Lipinski definition) is 1. The molecule has 2 unspecified atom stereocenters. The SMILES string of the molecule is CCCCCCCCCCn1ccnc1C(CCCCC)C(C)(Cc1ccccc1)c1ccccc1. The molecule has 0 aliphatic carbocycles. The highest BCUT2D eigenvalue weighted by molar-refractivity contribution is 5.33. The zero-order chi connectivity index (χ0) is 25.5. The number of nitrogens with zero attached hydrogens (tertiary/aromatic N) is 2. The quantitative estimate of drug-likeness (QED) is 0.164. The molecule has 0 saturated carbocycles. The van der Waals surface area contributed by atoms with Crippen LogP contribution in [0, 0.1) is 0 Å². The van der Waals surface area contributed by atoms with E-state index in [2.05, 4.69) is 92.2 Å². The molecule has 0 aliphatic rings. The molecule has 0 fully saturated rings. The topological polar surface area (TPSA) is 17.8 Å². The van der Waals surface area contributed by atoms with Crippen molar-refractivity contribution in [2.24, 2.45) is 0 Å². The molecule has 1 heterocycles. The first-order valence-corrected chi connectivity index (χ1v) is 14.8. The van der Waals surface area contributed by atoms with Crippen molar-refractivity contribution in [3.8, 4) is 0 Å². The van der Waals surface area contributed by atoms with Gasteiger partial charge in [-0.2, -0.15) is 0 Å². The highest BCUT2D eigenvalue weighted by Gasteiger charge is 2.39. The van der Waals surface area contributed by atoms with Gasteiger partial charge in [-0.25, -0.2) is 4.98 Å². The second kappa shape index (κ2) is 15.7. The molecular weight excluding hydrogens is 436 g/mol. The first-order chi connectivity index (χ1) is 17.7. The molecule has 2 heteroatoms. The van der Waals surface area contributed by atoms with E-state index in [0.29, 0.717) is 5.92 Å². The summed E-state index contributed by atoms with van der Waals surface area (Å²) in [6.07, 6.45) is 21.1. The van der Waals surface area contributed by atoms with E-state index in [1.165, 1.54) is 94.0 Å². The summed E-state index contributed by atoms with van der Waals surface area (Å²) >= 11 is 0. The molecule has 2 atom stereocenters. The molecule has 0 N–H and O–H groups in total. The van der Waals surface area contributed by atoms with E-state index in [9.17, 15) is 0 Å². The summed E-state index contributed by atoms with van der Waals surface area (Å²) in [6, 6.07) is 22.3. The van der Waals surface area contributed by atoms with E-state index in [-0.39, 0.29) is 5.41 Å². The second-order valence-corrected chi connectivity index (χ2v) is 10.9. The number of rotatable bonds is 18. The van der Waals surface area contributed by atoms with E-state index in [0.717, 1.165) is 13.0 Å². The van der Waals surface area contributed by atoms with Gasteiger partial charge in [0.2, 0.25) is 0 Å². The second-order valence-electron chi connectivity index (χ2n) is 10.9. The number of aromatic nitrogens is 2. The van der Waals surface area contributed by atoms with Crippen LogP contribution in [0.1, 0.15) is 121 Å². The number of unbranched alkanes of at least 4 members (excludes halogenated alkanes) is 9. The van der Waals surface area contributed by atoms with Crippen molar-refractivity contribution in [2.75, 3.05) is 0 Å². The highest BCUT2D eigenvalue weighted by Crippen LogP contribution is 2.44. The molecule has 3 aromatic rings. The van der Waals surface area contributed by atoms with Gasteiger partial charge in [0.15, 0.2) is 0 Å². The van der Waals surface area contributed by atoms with Gasteiger partial charge in [-0.3, -0.25) is 0 Å². The van der Waals surface area contributed by atoms with E-state index >= 15 is 0 Å². The zero-order valence-electron chi connectivity index (χ0n) is 23.3. The number of aryl methyl sites for hydroxylation is 1. The summed E-state index contributed by atoms with van der Waals surface area (Å²) in [4.78, 5) is 5.04. The fourth-order valence-corrected chi connectivity index (χ4v) is 5.83. The molecule has 0 spiro atoms. The third-order valence-corrected chi connectivity index (χ3v) is 8.02. The molecule has 3 rings (SSSR count). The minimum atomic E-state index is -0.0151. The minimum Gasteiger partial charge on any atom is -0.335 e. The molecular formula is C34H50N2. The van der Waals surface area contributed by atoms with Gasteiger partial charge in [-0.15, -0.1) is 0 Å². The van der Waals surface area contributed by atoms with Gasteiger partial charge in [-0.05, 0) is 30.4 Å². The predicted octanol–water partition coefficient (Wildman–Crippen LogP) is 9.89. The molecule has 0 radical (unpaired) electrons. The molecule has 2 nitrogen and oxygen atoms in total. The van der Waals surface area contributed by atoms with Crippen LogP contribution in [0.5, 0.6) is 0 Å². The van der Waals surface area contributed by atoms with Gasteiger partial charge in [0.25, 0.3) is 0 Å². The predicted molar refractivity (Wildman–Crippen MR) is 156 cm³/mol. The molecule has 0 bridgehead atoms. The van der Waals surface area contributed by atoms with Crippen LogP contribution in [0.25, 0.3) is 0 Å². The van der Waals surface area contributed by atoms with E-state index in [4.69, 9.17) is 4.98 Å². The van der Waals surface area contributed by atoms with Crippen LogP contribution in [-0.4, -0.2) is 9.55 Å². The summed E-state index contributed by atoms with van der Waals surface area (Å²) < 4.78 is 2.49. The third-order valence-electron chi connectivity index (χ3n) is 8.02. The van der Waals surface area contributed by atoms with Crippen LogP contribution in [0.15, 0.2) is 73.1 Å². The lowest BCUT2D eigenvalue weighted by Crippen LogP contribution is -2.35. The number of imidazole rings is 1.